The highest BCUT2D eigenvalue weighted by Crippen LogP contribution is 2.37. The number of amides is 3. The lowest BCUT2D eigenvalue weighted by molar-refractivity contribution is -0.143. The van der Waals surface area contributed by atoms with Crippen molar-refractivity contribution in [1.82, 2.24) is 4.90 Å². The van der Waals surface area contributed by atoms with Crippen LogP contribution in [0.25, 0.3) is 6.08 Å². The topological polar surface area (TPSA) is 138 Å². The highest BCUT2D eigenvalue weighted by molar-refractivity contribution is 14.1. The van der Waals surface area contributed by atoms with Gasteiger partial charge in [0.1, 0.15) is 6.54 Å². The molecule has 0 aromatic heterocycles. The average molecular weight is 689 g/mol. The second-order valence-electron chi connectivity index (χ2n) is 7.63. The summed E-state index contributed by atoms with van der Waals surface area (Å²) in [5, 5.41) is 2.08. The van der Waals surface area contributed by atoms with Crippen molar-refractivity contribution in [3.05, 3.63) is 55.0 Å². The van der Waals surface area contributed by atoms with E-state index in [9.17, 15) is 24.0 Å². The van der Waals surface area contributed by atoms with E-state index < -0.39 is 35.5 Å². The van der Waals surface area contributed by atoms with Crippen LogP contribution in [0, 0.1) is 3.57 Å². The van der Waals surface area contributed by atoms with Crippen molar-refractivity contribution in [3.8, 4) is 11.5 Å². The van der Waals surface area contributed by atoms with Gasteiger partial charge in [0, 0.05) is 5.69 Å². The van der Waals surface area contributed by atoms with Crippen LogP contribution in [0.3, 0.4) is 0 Å². The van der Waals surface area contributed by atoms with E-state index in [1.54, 1.807) is 19.1 Å². The Balaban J connectivity index is 1.73. The molecule has 11 nitrogen and oxygen atoms in total. The van der Waals surface area contributed by atoms with E-state index in [1.807, 2.05) is 22.6 Å². The molecule has 0 radical (unpaired) electrons. The first-order valence-electron chi connectivity index (χ1n) is 11.2. The summed E-state index contributed by atoms with van der Waals surface area (Å²) in [5.41, 5.74) is 0.840. The number of hydrogen-bond donors (Lipinski definition) is 1. The van der Waals surface area contributed by atoms with Gasteiger partial charge in [-0.1, -0.05) is 11.6 Å². The molecule has 206 valence electrons. The third-order valence-corrected chi connectivity index (χ3v) is 7.07. The van der Waals surface area contributed by atoms with E-state index in [4.69, 9.17) is 25.8 Å². The van der Waals surface area contributed by atoms with Crippen LogP contribution in [-0.4, -0.2) is 67.9 Å². The molecule has 2 aromatic carbocycles. The molecule has 0 bridgehead atoms. The molecule has 39 heavy (non-hydrogen) atoms. The second kappa shape index (κ2) is 13.7. The highest BCUT2D eigenvalue weighted by Gasteiger charge is 2.36. The van der Waals surface area contributed by atoms with Gasteiger partial charge in [-0.3, -0.25) is 19.3 Å². The molecule has 0 saturated carbocycles. The number of carbonyl (C=O) groups is 5. The van der Waals surface area contributed by atoms with Crippen molar-refractivity contribution in [2.24, 2.45) is 0 Å². The molecule has 1 aliphatic heterocycles. The van der Waals surface area contributed by atoms with Crippen LogP contribution in [-0.2, 0) is 23.9 Å². The van der Waals surface area contributed by atoms with Crippen molar-refractivity contribution in [1.29, 1.82) is 0 Å². The Morgan fingerprint density at radius 3 is 2.56 bits per heavy atom. The van der Waals surface area contributed by atoms with E-state index in [0.717, 1.165) is 4.90 Å². The number of carbonyl (C=O) groups excluding carboxylic acids is 5. The number of nitrogens with one attached hydrogen (secondary N) is 1. The van der Waals surface area contributed by atoms with Gasteiger partial charge in [-0.15, -0.1) is 0 Å². The number of rotatable bonds is 10. The lowest BCUT2D eigenvalue weighted by atomic mass is 10.2. The lowest BCUT2D eigenvalue weighted by Gasteiger charge is -2.14. The summed E-state index contributed by atoms with van der Waals surface area (Å²) in [6.07, 6.45) is 1.49. The van der Waals surface area contributed by atoms with Gasteiger partial charge >= 0.3 is 11.9 Å². The van der Waals surface area contributed by atoms with Crippen LogP contribution < -0.4 is 14.8 Å². The smallest absolute Gasteiger partial charge is 0.343 e. The summed E-state index contributed by atoms with van der Waals surface area (Å²) in [6.45, 7) is 0.943. The number of esters is 2. The SMILES string of the molecule is CCOC(=O)c1cc(NC(=O)CN2C(=O)S/C(=C\c3cc(I)c(OCC(=O)OC)c(OC)c3)C2=O)ccc1Cl. The number of halogens is 2. The van der Waals surface area contributed by atoms with Crippen LogP contribution in [0.1, 0.15) is 22.8 Å². The Hall–Kier alpha value is -3.30. The molecule has 1 heterocycles. The van der Waals surface area contributed by atoms with Crippen LogP contribution in [0.4, 0.5) is 10.5 Å². The Morgan fingerprint density at radius 2 is 1.90 bits per heavy atom. The maximum atomic E-state index is 12.9. The molecular weight excluding hydrogens is 667 g/mol. The number of thioether (sulfide) groups is 1. The molecule has 1 fully saturated rings. The zero-order valence-corrected chi connectivity index (χ0v) is 24.6. The summed E-state index contributed by atoms with van der Waals surface area (Å²) < 4.78 is 20.9. The number of benzene rings is 2. The van der Waals surface area contributed by atoms with E-state index in [-0.39, 0.29) is 34.4 Å². The maximum absolute atomic E-state index is 12.9. The molecular formula is C25H22ClIN2O9S. The van der Waals surface area contributed by atoms with Gasteiger partial charge in [0.25, 0.3) is 11.1 Å². The molecule has 1 N–H and O–H groups in total. The number of methoxy groups -OCH3 is 2. The largest absolute Gasteiger partial charge is 0.493 e. The standard InChI is InChI=1S/C25H22ClIN2O9S/c1-4-37-24(33)15-10-14(5-6-16(15)26)28-20(30)11-29-23(32)19(39-25(29)34)9-13-7-17(27)22(18(8-13)35-2)38-12-21(31)36-3/h5-10H,4,11-12H2,1-3H3,(H,28,30)/b19-9-. The lowest BCUT2D eigenvalue weighted by Crippen LogP contribution is -2.36. The number of ether oxygens (including phenoxy) is 4. The normalized spacial score (nSPS) is 13.9. The van der Waals surface area contributed by atoms with Gasteiger partial charge in [0.15, 0.2) is 18.1 Å². The summed E-state index contributed by atoms with van der Waals surface area (Å²) in [6, 6.07) is 7.51. The molecule has 3 rings (SSSR count). The Labute approximate surface area is 246 Å². The summed E-state index contributed by atoms with van der Waals surface area (Å²) in [5.74, 6) is -1.89. The summed E-state index contributed by atoms with van der Waals surface area (Å²) in [4.78, 5) is 62.5. The fourth-order valence-corrected chi connectivity index (χ4v) is 5.07. The van der Waals surface area contributed by atoms with Gasteiger partial charge in [-0.2, -0.15) is 0 Å². The predicted octanol–water partition coefficient (Wildman–Crippen LogP) is 4.36. The van der Waals surface area contributed by atoms with E-state index in [1.165, 1.54) is 38.5 Å². The molecule has 0 spiro atoms. The highest BCUT2D eigenvalue weighted by atomic mass is 127. The molecule has 1 aliphatic rings. The third-order valence-electron chi connectivity index (χ3n) is 5.03. The molecule has 0 atom stereocenters. The van der Waals surface area contributed by atoms with Crippen molar-refractivity contribution < 1.29 is 42.9 Å². The minimum Gasteiger partial charge on any atom is -0.493 e. The molecule has 1 saturated heterocycles. The van der Waals surface area contributed by atoms with Crippen LogP contribution >= 0.6 is 46.0 Å². The predicted molar refractivity (Wildman–Crippen MR) is 152 cm³/mol. The Morgan fingerprint density at radius 1 is 1.15 bits per heavy atom. The number of anilines is 1. The molecule has 0 aliphatic carbocycles. The Bertz CT molecular complexity index is 1370. The van der Waals surface area contributed by atoms with Crippen LogP contribution in [0.5, 0.6) is 11.5 Å². The van der Waals surface area contributed by atoms with E-state index >= 15 is 0 Å². The molecule has 2 aromatic rings. The van der Waals surface area contributed by atoms with Crippen molar-refractivity contribution in [2.75, 3.05) is 39.3 Å². The maximum Gasteiger partial charge on any atom is 0.343 e. The minimum atomic E-state index is -0.654. The van der Waals surface area contributed by atoms with Crippen molar-refractivity contribution in [3.63, 3.8) is 0 Å². The molecule has 3 amide bonds. The van der Waals surface area contributed by atoms with Gasteiger partial charge in [-0.05, 0) is 83.2 Å². The number of hydrogen-bond acceptors (Lipinski definition) is 10. The van der Waals surface area contributed by atoms with Gasteiger partial charge in [-0.25, -0.2) is 9.59 Å². The zero-order valence-electron chi connectivity index (χ0n) is 20.9. The molecule has 0 unspecified atom stereocenters. The van der Waals surface area contributed by atoms with E-state index in [0.29, 0.717) is 32.4 Å². The summed E-state index contributed by atoms with van der Waals surface area (Å²) >= 11 is 8.71. The van der Waals surface area contributed by atoms with Crippen LogP contribution in [0.2, 0.25) is 5.02 Å². The van der Waals surface area contributed by atoms with E-state index in [2.05, 4.69) is 10.1 Å². The minimum absolute atomic E-state index is 0.0668. The average Bonchev–Trinajstić information content (AvgIpc) is 3.15. The van der Waals surface area contributed by atoms with Gasteiger partial charge in [0.05, 0.1) is 39.9 Å². The first-order chi connectivity index (χ1) is 18.6. The fraction of sp³-hybridized carbons (Fsp3) is 0.240. The quantitative estimate of drug-likeness (QED) is 0.218. The monoisotopic (exact) mass is 688 g/mol. The number of nitrogens with zero attached hydrogens (tertiary/aromatic N) is 1. The summed E-state index contributed by atoms with van der Waals surface area (Å²) in [7, 11) is 2.66. The second-order valence-corrected chi connectivity index (χ2v) is 10.2. The number of imide groups is 1. The van der Waals surface area contributed by atoms with Gasteiger partial charge < -0.3 is 24.3 Å². The molecule has 14 heteroatoms. The van der Waals surface area contributed by atoms with Gasteiger partial charge in [0.2, 0.25) is 5.91 Å². The van der Waals surface area contributed by atoms with Crippen molar-refractivity contribution >= 4 is 86.7 Å². The fourth-order valence-electron chi connectivity index (χ4n) is 3.25. The Kier molecular flexibility index (Phi) is 10.6. The first-order valence-corrected chi connectivity index (χ1v) is 13.4. The first kappa shape index (κ1) is 30.2. The van der Waals surface area contributed by atoms with Crippen molar-refractivity contribution in [2.45, 2.75) is 6.92 Å². The van der Waals surface area contributed by atoms with Crippen LogP contribution in [0.15, 0.2) is 35.2 Å². The zero-order chi connectivity index (χ0) is 28.7. The third kappa shape index (κ3) is 7.64.